The lowest BCUT2D eigenvalue weighted by Crippen LogP contribution is -1.98. The van der Waals surface area contributed by atoms with Crippen LogP contribution in [0, 0.1) is 6.92 Å². The first kappa shape index (κ1) is 11.2. The van der Waals surface area contributed by atoms with Crippen molar-refractivity contribution in [2.45, 2.75) is 17.0 Å². The van der Waals surface area contributed by atoms with Crippen molar-refractivity contribution in [2.75, 3.05) is 5.73 Å². The van der Waals surface area contributed by atoms with E-state index in [9.17, 15) is 0 Å². The Morgan fingerprint density at radius 2 is 2.06 bits per heavy atom. The van der Waals surface area contributed by atoms with Crippen LogP contribution in [0.25, 0.3) is 0 Å². The third-order valence-electron chi connectivity index (χ3n) is 1.80. The first-order valence-electron chi connectivity index (χ1n) is 4.55. The van der Waals surface area contributed by atoms with Crippen LogP contribution in [-0.2, 0) is 0 Å². The summed E-state index contributed by atoms with van der Waals surface area (Å²) in [6.45, 7) is 2.03. The number of aromatic nitrogens is 3. The number of nitrogens with two attached hydrogens (primary N) is 1. The molecule has 0 saturated carbocycles. The maximum Gasteiger partial charge on any atom is 0.228 e. The lowest BCUT2D eigenvalue weighted by molar-refractivity contribution is 0.916. The summed E-state index contributed by atoms with van der Waals surface area (Å²) < 4.78 is 0. The molecule has 0 aliphatic carbocycles. The van der Waals surface area contributed by atoms with E-state index in [0.29, 0.717) is 5.16 Å². The normalized spacial score (nSPS) is 10.4. The van der Waals surface area contributed by atoms with Crippen LogP contribution < -0.4 is 5.73 Å². The van der Waals surface area contributed by atoms with Crippen molar-refractivity contribution in [3.05, 3.63) is 35.1 Å². The zero-order valence-corrected chi connectivity index (χ0v) is 10.1. The van der Waals surface area contributed by atoms with E-state index in [4.69, 9.17) is 17.3 Å². The Balaban J connectivity index is 2.27. The van der Waals surface area contributed by atoms with Gasteiger partial charge in [-0.2, -0.15) is 15.0 Å². The molecule has 0 saturated heterocycles. The molecule has 4 nitrogen and oxygen atoms in total. The summed E-state index contributed by atoms with van der Waals surface area (Å²) in [5.41, 5.74) is 6.66. The molecule has 2 N–H and O–H groups in total. The summed E-state index contributed by atoms with van der Waals surface area (Å²) in [6.07, 6.45) is 0. The van der Waals surface area contributed by atoms with Crippen LogP contribution >= 0.6 is 23.4 Å². The molecule has 0 unspecified atom stereocenters. The van der Waals surface area contributed by atoms with Gasteiger partial charge in [-0.25, -0.2) is 0 Å². The molecule has 0 bridgehead atoms. The molecule has 0 aliphatic heterocycles. The highest BCUT2D eigenvalue weighted by Crippen LogP contribution is 2.25. The minimum absolute atomic E-state index is 0.114. The molecular weight excluding hydrogens is 244 g/mol. The van der Waals surface area contributed by atoms with Crippen molar-refractivity contribution in [2.24, 2.45) is 0 Å². The lowest BCUT2D eigenvalue weighted by atomic mass is 10.2. The number of hydrogen-bond acceptors (Lipinski definition) is 5. The van der Waals surface area contributed by atoms with Gasteiger partial charge in [0.25, 0.3) is 0 Å². The highest BCUT2D eigenvalue weighted by Gasteiger charge is 2.04. The van der Waals surface area contributed by atoms with Gasteiger partial charge in [0, 0.05) is 4.90 Å². The number of nitrogen functional groups attached to an aromatic ring is 1. The smallest absolute Gasteiger partial charge is 0.228 e. The van der Waals surface area contributed by atoms with Gasteiger partial charge in [0.05, 0.1) is 0 Å². The third kappa shape index (κ3) is 2.84. The van der Waals surface area contributed by atoms with Crippen LogP contribution in [0.1, 0.15) is 5.56 Å². The fourth-order valence-electron chi connectivity index (χ4n) is 1.18. The first-order valence-corrected chi connectivity index (χ1v) is 5.74. The molecule has 6 heteroatoms. The Hall–Kier alpha value is -1.33. The first-order chi connectivity index (χ1) is 7.63. The molecule has 0 amide bonds. The van der Waals surface area contributed by atoms with E-state index in [1.54, 1.807) is 0 Å². The van der Waals surface area contributed by atoms with Crippen LogP contribution in [0.15, 0.2) is 34.3 Å². The number of halogens is 1. The topological polar surface area (TPSA) is 64.7 Å². The molecule has 0 fully saturated rings. The fraction of sp³-hybridized carbons (Fsp3) is 0.100. The van der Waals surface area contributed by atoms with Gasteiger partial charge in [-0.05, 0) is 42.4 Å². The molecular formula is C10H9ClN4S. The predicted octanol–water partition coefficient (Wildman–Crippen LogP) is 2.57. The fourth-order valence-corrected chi connectivity index (χ4v) is 2.27. The summed E-state index contributed by atoms with van der Waals surface area (Å²) in [5, 5.41) is 0.616. The molecule has 0 spiro atoms. The van der Waals surface area contributed by atoms with Gasteiger partial charge in [-0.15, -0.1) is 0 Å². The van der Waals surface area contributed by atoms with Crippen molar-refractivity contribution >= 4 is 29.3 Å². The van der Waals surface area contributed by atoms with Crippen molar-refractivity contribution < 1.29 is 0 Å². The van der Waals surface area contributed by atoms with Crippen molar-refractivity contribution in [1.82, 2.24) is 15.0 Å². The molecule has 0 aliphatic rings. The summed E-state index contributed by atoms with van der Waals surface area (Å²) in [4.78, 5) is 12.7. The average Bonchev–Trinajstić information content (AvgIpc) is 2.15. The molecule has 0 radical (unpaired) electrons. The van der Waals surface area contributed by atoms with Gasteiger partial charge in [0.2, 0.25) is 11.2 Å². The van der Waals surface area contributed by atoms with Crippen molar-refractivity contribution in [3.8, 4) is 0 Å². The van der Waals surface area contributed by atoms with Gasteiger partial charge in [0.1, 0.15) is 0 Å². The zero-order valence-electron chi connectivity index (χ0n) is 8.51. The summed E-state index contributed by atoms with van der Waals surface area (Å²) >= 11 is 7.10. The van der Waals surface area contributed by atoms with Crippen LogP contribution in [-0.4, -0.2) is 15.0 Å². The molecule has 1 heterocycles. The Bertz CT molecular complexity index is 498. The van der Waals surface area contributed by atoms with Gasteiger partial charge >= 0.3 is 0 Å². The monoisotopic (exact) mass is 252 g/mol. The van der Waals surface area contributed by atoms with E-state index in [1.165, 1.54) is 17.3 Å². The number of nitrogens with zero attached hydrogens (tertiary/aromatic N) is 3. The predicted molar refractivity (Wildman–Crippen MR) is 64.6 cm³/mol. The van der Waals surface area contributed by atoms with Crippen LogP contribution in [0.2, 0.25) is 5.28 Å². The second kappa shape index (κ2) is 4.67. The Morgan fingerprint density at radius 3 is 2.75 bits per heavy atom. The number of anilines is 1. The maximum absolute atomic E-state index is 5.69. The number of aryl methyl sites for hydroxylation is 1. The van der Waals surface area contributed by atoms with Gasteiger partial charge in [-0.1, -0.05) is 17.7 Å². The molecule has 2 rings (SSSR count). The highest BCUT2D eigenvalue weighted by atomic mass is 35.5. The molecule has 16 heavy (non-hydrogen) atoms. The van der Waals surface area contributed by atoms with Gasteiger partial charge < -0.3 is 5.73 Å². The van der Waals surface area contributed by atoms with Gasteiger partial charge in [0.15, 0.2) is 5.16 Å². The number of hydrogen-bond donors (Lipinski definition) is 1. The number of rotatable bonds is 2. The quantitative estimate of drug-likeness (QED) is 0.890. The molecule has 1 aromatic carbocycles. The minimum atomic E-state index is 0.114. The van der Waals surface area contributed by atoms with E-state index >= 15 is 0 Å². The standard InChI is InChI=1S/C10H9ClN4S/c1-6-3-2-4-7(5-6)16-10-14-8(11)13-9(12)15-10/h2-5H,1H3,(H2,12,13,14,15). The van der Waals surface area contributed by atoms with Crippen molar-refractivity contribution in [1.29, 1.82) is 0 Å². The second-order valence-corrected chi connectivity index (χ2v) is 4.54. The summed E-state index contributed by atoms with van der Waals surface area (Å²) in [6, 6.07) is 8.02. The molecule has 1 aromatic heterocycles. The summed E-state index contributed by atoms with van der Waals surface area (Å²) in [7, 11) is 0. The minimum Gasteiger partial charge on any atom is -0.368 e. The largest absolute Gasteiger partial charge is 0.368 e. The Morgan fingerprint density at radius 1 is 1.25 bits per heavy atom. The van der Waals surface area contributed by atoms with E-state index in [0.717, 1.165) is 4.90 Å². The lowest BCUT2D eigenvalue weighted by Gasteiger charge is -2.01. The van der Waals surface area contributed by atoms with Gasteiger partial charge in [-0.3, -0.25) is 0 Å². The molecule has 82 valence electrons. The summed E-state index contributed by atoms with van der Waals surface area (Å²) in [5.74, 6) is 0.134. The van der Waals surface area contributed by atoms with E-state index in [1.807, 2.05) is 31.2 Å². The van der Waals surface area contributed by atoms with E-state index in [-0.39, 0.29) is 11.2 Å². The zero-order chi connectivity index (χ0) is 11.5. The van der Waals surface area contributed by atoms with E-state index < -0.39 is 0 Å². The third-order valence-corrected chi connectivity index (χ3v) is 2.83. The second-order valence-electron chi connectivity index (χ2n) is 3.16. The Labute approximate surface area is 102 Å². The maximum atomic E-state index is 5.69. The van der Waals surface area contributed by atoms with E-state index in [2.05, 4.69) is 15.0 Å². The Kier molecular flexibility index (Phi) is 3.26. The van der Waals surface area contributed by atoms with Crippen LogP contribution in [0.4, 0.5) is 5.95 Å². The number of benzene rings is 1. The van der Waals surface area contributed by atoms with Crippen molar-refractivity contribution in [3.63, 3.8) is 0 Å². The van der Waals surface area contributed by atoms with Crippen LogP contribution in [0.3, 0.4) is 0 Å². The van der Waals surface area contributed by atoms with Crippen LogP contribution in [0.5, 0.6) is 0 Å². The highest BCUT2D eigenvalue weighted by molar-refractivity contribution is 7.99. The SMILES string of the molecule is Cc1cccc(Sc2nc(N)nc(Cl)n2)c1. The average molecular weight is 253 g/mol. The molecule has 0 atom stereocenters. The molecule has 2 aromatic rings.